The van der Waals surface area contributed by atoms with Crippen LogP contribution in [-0.4, -0.2) is 33.2 Å². The maximum Gasteiger partial charge on any atom is 0.339 e. The minimum atomic E-state index is -0.478. The number of esters is 1. The van der Waals surface area contributed by atoms with Gasteiger partial charge in [0.05, 0.1) is 17.3 Å². The number of hydrogen-bond donors (Lipinski definition) is 1. The van der Waals surface area contributed by atoms with Gasteiger partial charge in [0.2, 0.25) is 0 Å². The fourth-order valence-corrected chi connectivity index (χ4v) is 3.81. The standard InChI is InChI=1S/C22H24N4O3/c1-14(2)26-19(11-12-23-26)25-20(27)13-29-22(28)21-15-7-3-5-9-17(15)24-18-10-6-4-8-16(18)21/h3,5,7,9,11-12,14H,4,6,8,10,13H2,1-2H3,(H,25,27). The topological polar surface area (TPSA) is 86.1 Å². The first-order chi connectivity index (χ1) is 14.0. The number of carbonyl (C=O) groups excluding carboxylic acids is 2. The van der Waals surface area contributed by atoms with Crippen LogP contribution in [0.4, 0.5) is 5.82 Å². The molecule has 0 bridgehead atoms. The smallest absolute Gasteiger partial charge is 0.339 e. The summed E-state index contributed by atoms with van der Waals surface area (Å²) in [6.45, 7) is 3.59. The van der Waals surface area contributed by atoms with Crippen molar-refractivity contribution in [3.8, 4) is 0 Å². The highest BCUT2D eigenvalue weighted by Crippen LogP contribution is 2.29. The average molecular weight is 392 g/mol. The molecule has 1 aliphatic carbocycles. The molecule has 1 N–H and O–H groups in total. The molecule has 1 aliphatic rings. The molecule has 29 heavy (non-hydrogen) atoms. The maximum absolute atomic E-state index is 13.0. The van der Waals surface area contributed by atoms with Crippen LogP contribution in [0.1, 0.15) is 54.3 Å². The van der Waals surface area contributed by atoms with E-state index in [2.05, 4.69) is 10.4 Å². The van der Waals surface area contributed by atoms with Gasteiger partial charge in [0, 0.05) is 23.2 Å². The Morgan fingerprint density at radius 1 is 1.17 bits per heavy atom. The zero-order valence-electron chi connectivity index (χ0n) is 16.6. The number of fused-ring (bicyclic) bond motifs is 2. The van der Waals surface area contributed by atoms with Crippen LogP contribution in [0.15, 0.2) is 36.5 Å². The highest BCUT2D eigenvalue weighted by atomic mass is 16.5. The van der Waals surface area contributed by atoms with Crippen molar-refractivity contribution in [3.05, 3.63) is 53.3 Å². The maximum atomic E-state index is 13.0. The van der Waals surface area contributed by atoms with Crippen LogP contribution in [0.3, 0.4) is 0 Å². The molecule has 0 radical (unpaired) electrons. The third-order valence-corrected chi connectivity index (χ3v) is 5.13. The fourth-order valence-electron chi connectivity index (χ4n) is 3.81. The average Bonchev–Trinajstić information content (AvgIpc) is 3.18. The van der Waals surface area contributed by atoms with E-state index in [0.717, 1.165) is 47.8 Å². The number of anilines is 1. The highest BCUT2D eigenvalue weighted by molar-refractivity contribution is 6.06. The molecule has 7 nitrogen and oxygen atoms in total. The second-order valence-corrected chi connectivity index (χ2v) is 7.52. The van der Waals surface area contributed by atoms with Crippen LogP contribution < -0.4 is 5.32 Å². The van der Waals surface area contributed by atoms with Crippen LogP contribution >= 0.6 is 0 Å². The lowest BCUT2D eigenvalue weighted by Crippen LogP contribution is -2.24. The number of nitrogens with one attached hydrogen (secondary N) is 1. The Morgan fingerprint density at radius 2 is 1.97 bits per heavy atom. The zero-order valence-corrected chi connectivity index (χ0v) is 16.6. The van der Waals surface area contributed by atoms with E-state index >= 15 is 0 Å². The van der Waals surface area contributed by atoms with Crippen molar-refractivity contribution in [1.29, 1.82) is 0 Å². The summed E-state index contributed by atoms with van der Waals surface area (Å²) >= 11 is 0. The first-order valence-electron chi connectivity index (χ1n) is 9.95. The molecule has 4 rings (SSSR count). The van der Waals surface area contributed by atoms with E-state index in [-0.39, 0.29) is 12.6 Å². The Labute approximate surface area is 169 Å². The van der Waals surface area contributed by atoms with E-state index in [0.29, 0.717) is 11.4 Å². The van der Waals surface area contributed by atoms with Gasteiger partial charge in [-0.3, -0.25) is 9.78 Å². The first kappa shape index (κ1) is 19.1. The molecule has 2 aromatic heterocycles. The molecule has 2 heterocycles. The second-order valence-electron chi connectivity index (χ2n) is 7.52. The third-order valence-electron chi connectivity index (χ3n) is 5.13. The van der Waals surface area contributed by atoms with Gasteiger partial charge in [0.25, 0.3) is 5.91 Å². The predicted octanol–water partition coefficient (Wildman–Crippen LogP) is 3.69. The summed E-state index contributed by atoms with van der Waals surface area (Å²) in [6, 6.07) is 9.40. The predicted molar refractivity (Wildman–Crippen MR) is 110 cm³/mol. The molecular formula is C22H24N4O3. The molecule has 0 saturated heterocycles. The fraction of sp³-hybridized carbons (Fsp3) is 0.364. The number of aromatic nitrogens is 3. The molecule has 3 aromatic rings. The van der Waals surface area contributed by atoms with Gasteiger partial charge in [-0.05, 0) is 51.2 Å². The van der Waals surface area contributed by atoms with Crippen molar-refractivity contribution in [1.82, 2.24) is 14.8 Å². The number of benzene rings is 1. The molecule has 150 valence electrons. The van der Waals surface area contributed by atoms with Crippen LogP contribution in [-0.2, 0) is 22.4 Å². The lowest BCUT2D eigenvalue weighted by Gasteiger charge is -2.20. The Hall–Kier alpha value is -3.22. The Balaban J connectivity index is 1.53. The van der Waals surface area contributed by atoms with Crippen LogP contribution in [0.5, 0.6) is 0 Å². The summed E-state index contributed by atoms with van der Waals surface area (Å²) in [5, 5.41) is 7.71. The van der Waals surface area contributed by atoms with Crippen molar-refractivity contribution in [3.63, 3.8) is 0 Å². The molecule has 7 heteroatoms. The van der Waals surface area contributed by atoms with Crippen molar-refractivity contribution >= 4 is 28.6 Å². The largest absolute Gasteiger partial charge is 0.452 e. The summed E-state index contributed by atoms with van der Waals surface area (Å²) in [6.07, 6.45) is 5.38. The van der Waals surface area contributed by atoms with Crippen LogP contribution in [0.25, 0.3) is 10.9 Å². The number of nitrogens with zero attached hydrogens (tertiary/aromatic N) is 3. The summed E-state index contributed by atoms with van der Waals surface area (Å²) in [5.41, 5.74) is 3.25. The summed E-state index contributed by atoms with van der Waals surface area (Å²) in [5.74, 6) is -0.296. The van der Waals surface area contributed by atoms with E-state index in [1.54, 1.807) is 16.9 Å². The number of aryl methyl sites for hydroxylation is 1. The number of carbonyl (C=O) groups is 2. The minimum absolute atomic E-state index is 0.109. The van der Waals surface area contributed by atoms with Gasteiger partial charge in [-0.1, -0.05) is 18.2 Å². The third kappa shape index (κ3) is 3.85. The summed E-state index contributed by atoms with van der Waals surface area (Å²) < 4.78 is 7.11. The monoisotopic (exact) mass is 392 g/mol. The first-order valence-corrected chi connectivity index (χ1v) is 9.95. The zero-order chi connectivity index (χ0) is 20.4. The van der Waals surface area contributed by atoms with Crippen molar-refractivity contribution in [2.75, 3.05) is 11.9 Å². The molecule has 0 fully saturated rings. The Kier molecular flexibility index (Phi) is 5.29. The molecule has 0 spiro atoms. The van der Waals surface area contributed by atoms with Crippen molar-refractivity contribution in [2.24, 2.45) is 0 Å². The van der Waals surface area contributed by atoms with E-state index in [9.17, 15) is 9.59 Å². The number of amides is 1. The van der Waals surface area contributed by atoms with E-state index in [4.69, 9.17) is 9.72 Å². The van der Waals surface area contributed by atoms with Gasteiger partial charge in [-0.25, -0.2) is 9.48 Å². The van der Waals surface area contributed by atoms with Gasteiger partial charge in [0.15, 0.2) is 6.61 Å². The number of hydrogen-bond acceptors (Lipinski definition) is 5. The number of para-hydroxylation sites is 1. The van der Waals surface area contributed by atoms with E-state index in [1.807, 2.05) is 38.1 Å². The van der Waals surface area contributed by atoms with Crippen LogP contribution in [0, 0.1) is 0 Å². The summed E-state index contributed by atoms with van der Waals surface area (Å²) in [4.78, 5) is 30.0. The van der Waals surface area contributed by atoms with Crippen molar-refractivity contribution in [2.45, 2.75) is 45.6 Å². The number of pyridine rings is 1. The minimum Gasteiger partial charge on any atom is -0.452 e. The molecule has 1 amide bonds. The molecule has 0 saturated carbocycles. The quantitative estimate of drug-likeness (QED) is 0.669. The molecule has 0 aliphatic heterocycles. The number of ether oxygens (including phenoxy) is 1. The highest BCUT2D eigenvalue weighted by Gasteiger charge is 2.24. The Bertz CT molecular complexity index is 1070. The lowest BCUT2D eigenvalue weighted by atomic mass is 9.90. The lowest BCUT2D eigenvalue weighted by molar-refractivity contribution is -0.119. The molecule has 0 unspecified atom stereocenters. The van der Waals surface area contributed by atoms with Gasteiger partial charge in [0.1, 0.15) is 5.82 Å². The molecule has 0 atom stereocenters. The van der Waals surface area contributed by atoms with Gasteiger partial charge >= 0.3 is 5.97 Å². The van der Waals surface area contributed by atoms with Gasteiger partial charge in [-0.2, -0.15) is 5.10 Å². The normalized spacial score (nSPS) is 13.3. The molecular weight excluding hydrogens is 368 g/mol. The van der Waals surface area contributed by atoms with Crippen molar-refractivity contribution < 1.29 is 14.3 Å². The van der Waals surface area contributed by atoms with Gasteiger partial charge < -0.3 is 10.1 Å². The SMILES string of the molecule is CC(C)n1nccc1NC(=O)COC(=O)c1c2c(nc3ccccc13)CCCC2. The Morgan fingerprint density at radius 3 is 2.79 bits per heavy atom. The second kappa shape index (κ2) is 8.03. The van der Waals surface area contributed by atoms with E-state index in [1.165, 1.54) is 0 Å². The summed E-state index contributed by atoms with van der Waals surface area (Å²) in [7, 11) is 0. The van der Waals surface area contributed by atoms with E-state index < -0.39 is 11.9 Å². The molecule has 1 aromatic carbocycles. The van der Waals surface area contributed by atoms with Gasteiger partial charge in [-0.15, -0.1) is 0 Å². The number of rotatable bonds is 5. The van der Waals surface area contributed by atoms with Crippen LogP contribution in [0.2, 0.25) is 0 Å².